The Balaban J connectivity index is 1.80. The topological polar surface area (TPSA) is 38.5 Å². The normalized spacial score (nSPS) is 11.3. The van der Waals surface area contributed by atoms with Crippen LogP contribution in [0.15, 0.2) is 52.9 Å². The van der Waals surface area contributed by atoms with Crippen LogP contribution in [0.4, 0.5) is 0 Å². The first-order valence-electron chi connectivity index (χ1n) is 8.12. The summed E-state index contributed by atoms with van der Waals surface area (Å²) >= 11 is 0. The molecule has 0 unspecified atom stereocenters. The van der Waals surface area contributed by atoms with Crippen LogP contribution in [0.1, 0.15) is 13.8 Å². The predicted octanol–water partition coefficient (Wildman–Crippen LogP) is 4.22. The van der Waals surface area contributed by atoms with Crippen LogP contribution in [-0.4, -0.2) is 36.1 Å². The van der Waals surface area contributed by atoms with Gasteiger partial charge in [-0.1, -0.05) is 38.1 Å². The smallest absolute Gasteiger partial charge is 0.231 e. The Morgan fingerprint density at radius 1 is 1.00 bits per heavy atom. The zero-order valence-electron chi connectivity index (χ0n) is 13.7. The standard InChI is InChI=1S/C19H22N2O2/c1-3-21(4-2)13-14-22-17-11-7-5-9-15(17)19-20-16-10-6-8-12-18(16)23-19/h5-12H,3-4,13-14H2,1-2H3. The van der Waals surface area contributed by atoms with Crippen LogP contribution in [0, 0.1) is 0 Å². The monoisotopic (exact) mass is 310 g/mol. The molecule has 4 nitrogen and oxygen atoms in total. The number of rotatable bonds is 7. The molecule has 1 aromatic heterocycles. The van der Waals surface area contributed by atoms with E-state index in [1.54, 1.807) is 0 Å². The molecule has 2 aromatic carbocycles. The molecule has 23 heavy (non-hydrogen) atoms. The first-order chi connectivity index (χ1) is 11.3. The van der Waals surface area contributed by atoms with E-state index in [9.17, 15) is 0 Å². The summed E-state index contributed by atoms with van der Waals surface area (Å²) in [4.78, 5) is 6.90. The fraction of sp³-hybridized carbons (Fsp3) is 0.316. The molecule has 3 rings (SSSR count). The molecule has 0 aliphatic rings. The molecular formula is C19H22N2O2. The summed E-state index contributed by atoms with van der Waals surface area (Å²) in [6.45, 7) is 7.96. The number of benzene rings is 2. The Labute approximate surface area is 136 Å². The average molecular weight is 310 g/mol. The van der Waals surface area contributed by atoms with Crippen LogP contribution < -0.4 is 4.74 Å². The van der Waals surface area contributed by atoms with Gasteiger partial charge in [-0.25, -0.2) is 4.98 Å². The van der Waals surface area contributed by atoms with Crippen molar-refractivity contribution in [2.45, 2.75) is 13.8 Å². The Kier molecular flexibility index (Phi) is 4.93. The third kappa shape index (κ3) is 3.54. The molecule has 0 saturated heterocycles. The minimum atomic E-state index is 0.602. The number of fused-ring (bicyclic) bond motifs is 1. The molecule has 0 fully saturated rings. The second-order valence-corrected chi connectivity index (χ2v) is 5.36. The van der Waals surface area contributed by atoms with Crippen molar-refractivity contribution in [2.75, 3.05) is 26.2 Å². The van der Waals surface area contributed by atoms with E-state index in [1.165, 1.54) is 0 Å². The van der Waals surface area contributed by atoms with E-state index in [-0.39, 0.29) is 0 Å². The zero-order valence-corrected chi connectivity index (χ0v) is 13.7. The van der Waals surface area contributed by atoms with Gasteiger partial charge in [0.1, 0.15) is 17.9 Å². The highest BCUT2D eigenvalue weighted by Gasteiger charge is 2.13. The third-order valence-corrected chi connectivity index (χ3v) is 3.97. The number of likely N-dealkylation sites (N-methyl/N-ethyl adjacent to an activating group) is 1. The lowest BCUT2D eigenvalue weighted by atomic mass is 10.2. The average Bonchev–Trinajstić information content (AvgIpc) is 3.03. The van der Waals surface area contributed by atoms with Gasteiger partial charge in [0.05, 0.1) is 5.56 Å². The maximum absolute atomic E-state index is 5.98. The minimum Gasteiger partial charge on any atom is -0.491 e. The fourth-order valence-corrected chi connectivity index (χ4v) is 2.58. The van der Waals surface area contributed by atoms with E-state index in [0.717, 1.165) is 42.0 Å². The molecule has 4 heteroatoms. The molecule has 0 radical (unpaired) electrons. The number of aromatic nitrogens is 1. The van der Waals surface area contributed by atoms with E-state index in [2.05, 4.69) is 23.7 Å². The summed E-state index contributed by atoms with van der Waals surface area (Å²) in [5.41, 5.74) is 2.55. The Morgan fingerprint density at radius 3 is 2.52 bits per heavy atom. The molecular weight excluding hydrogens is 288 g/mol. The minimum absolute atomic E-state index is 0.602. The molecule has 0 aliphatic heterocycles. The van der Waals surface area contributed by atoms with E-state index in [0.29, 0.717) is 12.5 Å². The van der Waals surface area contributed by atoms with Crippen molar-refractivity contribution in [1.82, 2.24) is 9.88 Å². The SMILES string of the molecule is CCN(CC)CCOc1ccccc1-c1nc2ccccc2o1. The van der Waals surface area contributed by atoms with E-state index < -0.39 is 0 Å². The van der Waals surface area contributed by atoms with Crippen molar-refractivity contribution in [3.8, 4) is 17.2 Å². The number of oxazole rings is 1. The van der Waals surface area contributed by atoms with Crippen molar-refractivity contribution in [2.24, 2.45) is 0 Å². The van der Waals surface area contributed by atoms with Crippen LogP contribution in [-0.2, 0) is 0 Å². The van der Waals surface area contributed by atoms with Gasteiger partial charge in [-0.05, 0) is 37.4 Å². The third-order valence-electron chi connectivity index (χ3n) is 3.97. The highest BCUT2D eigenvalue weighted by atomic mass is 16.5. The lowest BCUT2D eigenvalue weighted by Crippen LogP contribution is -2.27. The van der Waals surface area contributed by atoms with Crippen molar-refractivity contribution in [1.29, 1.82) is 0 Å². The van der Waals surface area contributed by atoms with Gasteiger partial charge in [0.2, 0.25) is 5.89 Å². The lowest BCUT2D eigenvalue weighted by molar-refractivity contribution is 0.223. The maximum Gasteiger partial charge on any atom is 0.231 e. The van der Waals surface area contributed by atoms with Gasteiger partial charge in [-0.15, -0.1) is 0 Å². The summed E-state index contributed by atoms with van der Waals surface area (Å²) < 4.78 is 11.8. The Bertz CT molecular complexity index is 730. The zero-order chi connectivity index (χ0) is 16.1. The van der Waals surface area contributed by atoms with Crippen molar-refractivity contribution < 1.29 is 9.15 Å². The van der Waals surface area contributed by atoms with Gasteiger partial charge in [-0.2, -0.15) is 0 Å². The number of nitrogens with zero attached hydrogens (tertiary/aromatic N) is 2. The quantitative estimate of drug-likeness (QED) is 0.655. The summed E-state index contributed by atoms with van der Waals surface area (Å²) in [5, 5.41) is 0. The summed E-state index contributed by atoms with van der Waals surface area (Å²) in [6, 6.07) is 15.7. The van der Waals surface area contributed by atoms with Crippen LogP contribution in [0.5, 0.6) is 5.75 Å². The molecule has 0 saturated carbocycles. The molecule has 0 atom stereocenters. The van der Waals surface area contributed by atoms with Crippen molar-refractivity contribution in [3.63, 3.8) is 0 Å². The number of hydrogen-bond acceptors (Lipinski definition) is 4. The van der Waals surface area contributed by atoms with Gasteiger partial charge in [0.15, 0.2) is 5.58 Å². The molecule has 3 aromatic rings. The molecule has 0 spiro atoms. The van der Waals surface area contributed by atoms with Gasteiger partial charge < -0.3 is 14.1 Å². The molecule has 0 N–H and O–H groups in total. The van der Waals surface area contributed by atoms with E-state index in [1.807, 2.05) is 48.5 Å². The Morgan fingerprint density at radius 2 is 1.74 bits per heavy atom. The molecule has 0 aliphatic carbocycles. The fourth-order valence-electron chi connectivity index (χ4n) is 2.58. The van der Waals surface area contributed by atoms with Crippen molar-refractivity contribution in [3.05, 3.63) is 48.5 Å². The van der Waals surface area contributed by atoms with Gasteiger partial charge >= 0.3 is 0 Å². The summed E-state index contributed by atoms with van der Waals surface area (Å²) in [6.07, 6.45) is 0. The summed E-state index contributed by atoms with van der Waals surface area (Å²) in [7, 11) is 0. The van der Waals surface area contributed by atoms with Crippen molar-refractivity contribution >= 4 is 11.1 Å². The predicted molar refractivity (Wildman–Crippen MR) is 92.7 cm³/mol. The Hall–Kier alpha value is -2.33. The molecule has 0 amide bonds. The van der Waals surface area contributed by atoms with Crippen LogP contribution >= 0.6 is 0 Å². The number of hydrogen-bond donors (Lipinski definition) is 0. The van der Waals surface area contributed by atoms with Gasteiger partial charge in [0, 0.05) is 6.54 Å². The van der Waals surface area contributed by atoms with Crippen LogP contribution in [0.25, 0.3) is 22.6 Å². The van der Waals surface area contributed by atoms with Gasteiger partial charge in [-0.3, -0.25) is 0 Å². The molecule has 1 heterocycles. The second-order valence-electron chi connectivity index (χ2n) is 5.36. The van der Waals surface area contributed by atoms with Crippen LogP contribution in [0.2, 0.25) is 0 Å². The van der Waals surface area contributed by atoms with E-state index in [4.69, 9.17) is 9.15 Å². The number of para-hydroxylation sites is 3. The van der Waals surface area contributed by atoms with Gasteiger partial charge in [0.25, 0.3) is 0 Å². The highest BCUT2D eigenvalue weighted by molar-refractivity contribution is 5.77. The highest BCUT2D eigenvalue weighted by Crippen LogP contribution is 2.31. The van der Waals surface area contributed by atoms with Crippen LogP contribution in [0.3, 0.4) is 0 Å². The maximum atomic E-state index is 5.98. The molecule has 0 bridgehead atoms. The summed E-state index contributed by atoms with van der Waals surface area (Å²) in [5.74, 6) is 1.41. The number of ether oxygens (including phenoxy) is 1. The first kappa shape index (κ1) is 15.6. The largest absolute Gasteiger partial charge is 0.491 e. The molecule has 120 valence electrons. The lowest BCUT2D eigenvalue weighted by Gasteiger charge is -2.18. The first-order valence-corrected chi connectivity index (χ1v) is 8.12. The second kappa shape index (κ2) is 7.29. The van der Waals surface area contributed by atoms with E-state index >= 15 is 0 Å².